The zero-order chi connectivity index (χ0) is 11.9. The van der Waals surface area contributed by atoms with Crippen molar-refractivity contribution in [2.24, 2.45) is 5.10 Å². The Labute approximate surface area is 107 Å². The van der Waals surface area contributed by atoms with E-state index in [1.54, 1.807) is 0 Å². The Kier molecular flexibility index (Phi) is 2.04. The molecule has 0 aromatic heterocycles. The van der Waals surface area contributed by atoms with Crippen LogP contribution in [0.5, 0.6) is 0 Å². The number of hydrogen-bond acceptors (Lipinski definition) is 2. The summed E-state index contributed by atoms with van der Waals surface area (Å²) in [7, 11) is 0. The SMILES string of the molecule is c1ccc(C2=NN3C(C2)C3c2ccccc2)cc1. The summed E-state index contributed by atoms with van der Waals surface area (Å²) < 4.78 is 0. The van der Waals surface area contributed by atoms with Gasteiger partial charge >= 0.3 is 0 Å². The van der Waals surface area contributed by atoms with Crippen LogP contribution in [0.1, 0.15) is 23.6 Å². The average molecular weight is 234 g/mol. The third-order valence-electron chi connectivity index (χ3n) is 3.79. The van der Waals surface area contributed by atoms with Crippen LogP contribution in [-0.2, 0) is 0 Å². The highest BCUT2D eigenvalue weighted by Crippen LogP contribution is 2.49. The Morgan fingerprint density at radius 3 is 2.17 bits per heavy atom. The summed E-state index contributed by atoms with van der Waals surface area (Å²) in [4.78, 5) is 0. The van der Waals surface area contributed by atoms with Gasteiger partial charge in [-0.1, -0.05) is 60.7 Å². The van der Waals surface area contributed by atoms with E-state index in [4.69, 9.17) is 5.10 Å². The van der Waals surface area contributed by atoms with Gasteiger partial charge in [-0.3, -0.25) is 5.01 Å². The molecule has 0 aliphatic carbocycles. The van der Waals surface area contributed by atoms with E-state index < -0.39 is 0 Å². The van der Waals surface area contributed by atoms with Crippen LogP contribution in [0.25, 0.3) is 0 Å². The second-order valence-electron chi connectivity index (χ2n) is 4.92. The van der Waals surface area contributed by atoms with Crippen LogP contribution < -0.4 is 0 Å². The molecule has 2 atom stereocenters. The minimum atomic E-state index is 0.513. The lowest BCUT2D eigenvalue weighted by Crippen LogP contribution is -2.03. The van der Waals surface area contributed by atoms with E-state index in [0.717, 1.165) is 6.42 Å². The molecular weight excluding hydrogens is 220 g/mol. The minimum Gasteiger partial charge on any atom is -0.281 e. The van der Waals surface area contributed by atoms with E-state index >= 15 is 0 Å². The fourth-order valence-corrected chi connectivity index (χ4v) is 2.82. The second kappa shape index (κ2) is 3.70. The molecular formula is C16H14N2. The van der Waals surface area contributed by atoms with Crippen molar-refractivity contribution < 1.29 is 0 Å². The van der Waals surface area contributed by atoms with E-state index in [2.05, 4.69) is 59.6 Å². The summed E-state index contributed by atoms with van der Waals surface area (Å²) in [6, 6.07) is 22.2. The first-order valence-corrected chi connectivity index (χ1v) is 6.40. The van der Waals surface area contributed by atoms with E-state index in [1.165, 1.54) is 16.8 Å². The number of hydrazone groups is 1. The Hall–Kier alpha value is -2.09. The average Bonchev–Trinajstić information content (AvgIpc) is 2.95. The lowest BCUT2D eigenvalue weighted by molar-refractivity contribution is 0.543. The minimum absolute atomic E-state index is 0.513. The van der Waals surface area contributed by atoms with Crippen molar-refractivity contribution in [3.8, 4) is 0 Å². The highest BCUT2D eigenvalue weighted by Gasteiger charge is 2.52. The van der Waals surface area contributed by atoms with Gasteiger partial charge in [-0.15, -0.1) is 0 Å². The standard InChI is InChI=1S/C16H14N2/c1-3-7-12(8-4-1)14-11-15-16(18(15)17-14)13-9-5-2-6-10-13/h1-10,15-16H,11H2. The predicted molar refractivity (Wildman–Crippen MR) is 72.4 cm³/mol. The molecule has 18 heavy (non-hydrogen) atoms. The van der Waals surface area contributed by atoms with Crippen molar-refractivity contribution in [3.05, 3.63) is 71.8 Å². The maximum atomic E-state index is 4.74. The van der Waals surface area contributed by atoms with Crippen molar-refractivity contribution in [1.82, 2.24) is 5.01 Å². The molecule has 2 nitrogen and oxygen atoms in total. The van der Waals surface area contributed by atoms with Crippen LogP contribution in [0.2, 0.25) is 0 Å². The molecule has 1 fully saturated rings. The molecule has 4 rings (SSSR count). The van der Waals surface area contributed by atoms with Crippen LogP contribution in [0.4, 0.5) is 0 Å². The topological polar surface area (TPSA) is 15.4 Å². The van der Waals surface area contributed by atoms with Crippen molar-refractivity contribution >= 4 is 5.71 Å². The predicted octanol–water partition coefficient (Wildman–Crippen LogP) is 3.22. The van der Waals surface area contributed by atoms with E-state index in [1.807, 2.05) is 6.07 Å². The zero-order valence-corrected chi connectivity index (χ0v) is 10.0. The van der Waals surface area contributed by atoms with Crippen LogP contribution in [0.3, 0.4) is 0 Å². The number of nitrogens with zero attached hydrogens (tertiary/aromatic N) is 2. The first kappa shape index (κ1) is 9.89. The molecule has 2 aliphatic heterocycles. The summed E-state index contributed by atoms with van der Waals surface area (Å²) in [5.74, 6) is 0. The molecule has 1 saturated heterocycles. The monoisotopic (exact) mass is 234 g/mol. The molecule has 0 amide bonds. The first-order valence-electron chi connectivity index (χ1n) is 6.40. The van der Waals surface area contributed by atoms with Gasteiger partial charge in [-0.25, -0.2) is 0 Å². The van der Waals surface area contributed by atoms with Crippen LogP contribution >= 0.6 is 0 Å². The van der Waals surface area contributed by atoms with Gasteiger partial charge in [0.1, 0.15) is 0 Å². The van der Waals surface area contributed by atoms with Gasteiger partial charge in [0.25, 0.3) is 0 Å². The van der Waals surface area contributed by atoms with Gasteiger partial charge in [0, 0.05) is 6.42 Å². The molecule has 88 valence electrons. The quantitative estimate of drug-likeness (QED) is 0.728. The van der Waals surface area contributed by atoms with Gasteiger partial charge in [0.2, 0.25) is 0 Å². The molecule has 2 heterocycles. The maximum absolute atomic E-state index is 4.74. The van der Waals surface area contributed by atoms with Gasteiger partial charge in [0.05, 0.1) is 17.8 Å². The summed E-state index contributed by atoms with van der Waals surface area (Å²) in [5, 5.41) is 6.97. The highest BCUT2D eigenvalue weighted by atomic mass is 15.6. The Bertz CT molecular complexity index is 589. The third-order valence-corrected chi connectivity index (χ3v) is 3.79. The Morgan fingerprint density at radius 2 is 1.56 bits per heavy atom. The second-order valence-corrected chi connectivity index (χ2v) is 4.92. The van der Waals surface area contributed by atoms with E-state index in [9.17, 15) is 0 Å². The summed E-state index contributed by atoms with van der Waals surface area (Å²) in [6.45, 7) is 0. The van der Waals surface area contributed by atoms with Crippen LogP contribution in [0, 0.1) is 0 Å². The Morgan fingerprint density at radius 1 is 0.889 bits per heavy atom. The maximum Gasteiger partial charge on any atom is 0.0948 e. The molecule has 2 aromatic carbocycles. The lowest BCUT2D eigenvalue weighted by atomic mass is 10.0. The fraction of sp³-hybridized carbons (Fsp3) is 0.188. The molecule has 0 N–H and O–H groups in total. The molecule has 0 radical (unpaired) electrons. The van der Waals surface area contributed by atoms with Crippen LogP contribution in [0.15, 0.2) is 65.8 Å². The summed E-state index contributed by atoms with van der Waals surface area (Å²) in [5.41, 5.74) is 3.88. The van der Waals surface area contributed by atoms with Gasteiger partial charge in [-0.2, -0.15) is 5.10 Å². The van der Waals surface area contributed by atoms with E-state index in [-0.39, 0.29) is 0 Å². The van der Waals surface area contributed by atoms with Gasteiger partial charge < -0.3 is 0 Å². The van der Waals surface area contributed by atoms with Crippen LogP contribution in [-0.4, -0.2) is 16.8 Å². The fourth-order valence-electron chi connectivity index (χ4n) is 2.82. The molecule has 2 aromatic rings. The normalized spacial score (nSPS) is 24.7. The highest BCUT2D eigenvalue weighted by molar-refractivity contribution is 6.02. The van der Waals surface area contributed by atoms with Gasteiger partial charge in [0.15, 0.2) is 0 Å². The lowest BCUT2D eigenvalue weighted by Gasteiger charge is -2.04. The summed E-state index contributed by atoms with van der Waals surface area (Å²) >= 11 is 0. The number of rotatable bonds is 2. The zero-order valence-electron chi connectivity index (χ0n) is 10.0. The number of fused-ring (bicyclic) bond motifs is 1. The number of benzene rings is 2. The third kappa shape index (κ3) is 1.46. The molecule has 2 heteroatoms. The molecule has 2 unspecified atom stereocenters. The Balaban J connectivity index is 1.58. The van der Waals surface area contributed by atoms with Crippen molar-refractivity contribution in [1.29, 1.82) is 0 Å². The molecule has 0 spiro atoms. The van der Waals surface area contributed by atoms with Crippen molar-refractivity contribution in [3.63, 3.8) is 0 Å². The first-order chi connectivity index (χ1) is 8.93. The number of hydrogen-bond donors (Lipinski definition) is 0. The van der Waals surface area contributed by atoms with Crippen molar-refractivity contribution in [2.75, 3.05) is 0 Å². The molecule has 2 aliphatic rings. The largest absolute Gasteiger partial charge is 0.281 e. The molecule has 0 bridgehead atoms. The van der Waals surface area contributed by atoms with Crippen molar-refractivity contribution in [2.45, 2.75) is 18.5 Å². The smallest absolute Gasteiger partial charge is 0.0948 e. The van der Waals surface area contributed by atoms with Gasteiger partial charge in [-0.05, 0) is 11.1 Å². The summed E-state index contributed by atoms with van der Waals surface area (Å²) in [6.07, 6.45) is 1.07. The van der Waals surface area contributed by atoms with E-state index in [0.29, 0.717) is 12.1 Å². The molecule has 0 saturated carbocycles.